The van der Waals surface area contributed by atoms with Gasteiger partial charge in [0.2, 0.25) is 0 Å². The van der Waals surface area contributed by atoms with E-state index in [-0.39, 0.29) is 5.91 Å². The Hall–Kier alpha value is -0.960. The Morgan fingerprint density at radius 3 is 2.80 bits per heavy atom. The number of amides is 1. The first-order chi connectivity index (χ1) is 7.08. The van der Waals surface area contributed by atoms with Gasteiger partial charge in [-0.2, -0.15) is 0 Å². The summed E-state index contributed by atoms with van der Waals surface area (Å²) in [7, 11) is 0. The summed E-state index contributed by atoms with van der Waals surface area (Å²) in [4.78, 5) is 12.7. The highest BCUT2D eigenvalue weighted by Gasteiger charge is 2.34. The van der Waals surface area contributed by atoms with Crippen LogP contribution in [0.2, 0.25) is 0 Å². The summed E-state index contributed by atoms with van der Waals surface area (Å²) >= 11 is 4.24. The molecule has 80 valence electrons. The SMILES string of the molecule is Cc1ccc(S)cc1C(=O)NC1CC1C. The molecule has 0 radical (unpaired) electrons. The average Bonchev–Trinajstić information content (AvgIpc) is 2.86. The van der Waals surface area contributed by atoms with Gasteiger partial charge in [-0.1, -0.05) is 13.0 Å². The lowest BCUT2D eigenvalue weighted by Crippen LogP contribution is -2.27. The lowest BCUT2D eigenvalue weighted by Gasteiger charge is -2.07. The number of aryl methyl sites for hydroxylation is 1. The van der Waals surface area contributed by atoms with Gasteiger partial charge < -0.3 is 5.32 Å². The van der Waals surface area contributed by atoms with E-state index in [1.54, 1.807) is 0 Å². The fraction of sp³-hybridized carbons (Fsp3) is 0.417. The smallest absolute Gasteiger partial charge is 0.251 e. The third-order valence-electron chi connectivity index (χ3n) is 2.89. The third-order valence-corrected chi connectivity index (χ3v) is 3.17. The summed E-state index contributed by atoms with van der Waals surface area (Å²) in [5, 5.41) is 3.02. The zero-order chi connectivity index (χ0) is 11.0. The Kier molecular flexibility index (Phi) is 2.74. The van der Waals surface area contributed by atoms with Gasteiger partial charge in [-0.15, -0.1) is 12.6 Å². The Morgan fingerprint density at radius 1 is 1.53 bits per heavy atom. The van der Waals surface area contributed by atoms with Crippen molar-refractivity contribution >= 4 is 18.5 Å². The van der Waals surface area contributed by atoms with Crippen LogP contribution in [-0.2, 0) is 0 Å². The first-order valence-electron chi connectivity index (χ1n) is 5.18. The van der Waals surface area contributed by atoms with Crippen molar-refractivity contribution in [2.45, 2.75) is 31.2 Å². The van der Waals surface area contributed by atoms with E-state index in [1.165, 1.54) is 0 Å². The van der Waals surface area contributed by atoms with Gasteiger partial charge in [-0.25, -0.2) is 0 Å². The lowest BCUT2D eigenvalue weighted by atomic mass is 10.1. The number of carbonyl (C=O) groups is 1. The van der Waals surface area contributed by atoms with Gasteiger partial charge in [-0.05, 0) is 37.0 Å². The van der Waals surface area contributed by atoms with Crippen LogP contribution >= 0.6 is 12.6 Å². The molecule has 0 heterocycles. The van der Waals surface area contributed by atoms with Gasteiger partial charge in [0.05, 0.1) is 0 Å². The number of rotatable bonds is 2. The van der Waals surface area contributed by atoms with Crippen LogP contribution in [0.25, 0.3) is 0 Å². The molecule has 3 heteroatoms. The highest BCUT2D eigenvalue weighted by atomic mass is 32.1. The van der Waals surface area contributed by atoms with E-state index in [0.29, 0.717) is 12.0 Å². The van der Waals surface area contributed by atoms with E-state index < -0.39 is 0 Å². The minimum Gasteiger partial charge on any atom is -0.349 e. The standard InChI is InChI=1S/C12H15NOS/c1-7-3-4-9(15)6-10(7)12(14)13-11-5-8(11)2/h3-4,6,8,11,15H,5H2,1-2H3,(H,13,14). The Bertz CT molecular complexity index is 403. The summed E-state index contributed by atoms with van der Waals surface area (Å²) in [6, 6.07) is 6.02. The summed E-state index contributed by atoms with van der Waals surface area (Å²) < 4.78 is 0. The molecule has 15 heavy (non-hydrogen) atoms. The summed E-state index contributed by atoms with van der Waals surface area (Å²) in [5.41, 5.74) is 1.74. The molecule has 1 aromatic rings. The summed E-state index contributed by atoms with van der Waals surface area (Å²) in [6.45, 7) is 4.09. The highest BCUT2D eigenvalue weighted by molar-refractivity contribution is 7.80. The minimum absolute atomic E-state index is 0.0257. The van der Waals surface area contributed by atoms with Crippen LogP contribution < -0.4 is 5.32 Å². The molecule has 2 nitrogen and oxygen atoms in total. The van der Waals surface area contributed by atoms with Crippen molar-refractivity contribution in [3.63, 3.8) is 0 Å². The topological polar surface area (TPSA) is 29.1 Å². The normalized spacial score (nSPS) is 23.7. The van der Waals surface area contributed by atoms with E-state index in [4.69, 9.17) is 0 Å². The zero-order valence-electron chi connectivity index (χ0n) is 8.95. The number of thiol groups is 1. The number of nitrogens with one attached hydrogen (secondary N) is 1. The molecular formula is C12H15NOS. The number of hydrogen-bond donors (Lipinski definition) is 2. The third kappa shape index (κ3) is 2.34. The number of benzene rings is 1. The Labute approximate surface area is 95.5 Å². The van der Waals surface area contributed by atoms with Crippen LogP contribution in [0.5, 0.6) is 0 Å². The van der Waals surface area contributed by atoms with Crippen LogP contribution in [0.15, 0.2) is 23.1 Å². The van der Waals surface area contributed by atoms with E-state index >= 15 is 0 Å². The molecule has 0 bridgehead atoms. The molecule has 1 saturated carbocycles. The van der Waals surface area contributed by atoms with Gasteiger partial charge in [0.15, 0.2) is 0 Å². The van der Waals surface area contributed by atoms with Crippen LogP contribution in [0.1, 0.15) is 29.3 Å². The van der Waals surface area contributed by atoms with Gasteiger partial charge >= 0.3 is 0 Å². The molecule has 1 aliphatic carbocycles. The Morgan fingerprint density at radius 2 is 2.20 bits per heavy atom. The second-order valence-electron chi connectivity index (χ2n) is 4.29. The van der Waals surface area contributed by atoms with Crippen LogP contribution in [-0.4, -0.2) is 11.9 Å². The predicted molar refractivity (Wildman–Crippen MR) is 63.5 cm³/mol. The quantitative estimate of drug-likeness (QED) is 0.738. The van der Waals surface area contributed by atoms with Crippen molar-refractivity contribution in [1.29, 1.82) is 0 Å². The molecule has 0 aliphatic heterocycles. The van der Waals surface area contributed by atoms with E-state index in [0.717, 1.165) is 22.4 Å². The molecule has 2 unspecified atom stereocenters. The first-order valence-corrected chi connectivity index (χ1v) is 5.63. The Balaban J connectivity index is 2.14. The molecule has 2 atom stereocenters. The fourth-order valence-electron chi connectivity index (χ4n) is 1.62. The van der Waals surface area contributed by atoms with Crippen molar-refractivity contribution in [2.75, 3.05) is 0 Å². The first kappa shape index (κ1) is 10.6. The second kappa shape index (κ2) is 3.89. The maximum absolute atomic E-state index is 11.9. The fourth-order valence-corrected chi connectivity index (χ4v) is 1.83. The van der Waals surface area contributed by atoms with Gasteiger partial charge in [0.25, 0.3) is 5.91 Å². The molecule has 1 N–H and O–H groups in total. The molecule has 0 saturated heterocycles. The lowest BCUT2D eigenvalue weighted by molar-refractivity contribution is 0.0948. The van der Waals surface area contributed by atoms with Crippen molar-refractivity contribution in [1.82, 2.24) is 5.32 Å². The van der Waals surface area contributed by atoms with E-state index in [2.05, 4.69) is 24.9 Å². The summed E-state index contributed by atoms with van der Waals surface area (Å²) in [6.07, 6.45) is 1.10. The van der Waals surface area contributed by atoms with Crippen LogP contribution in [0.3, 0.4) is 0 Å². The molecule has 1 amide bonds. The second-order valence-corrected chi connectivity index (χ2v) is 4.81. The monoisotopic (exact) mass is 221 g/mol. The van der Waals surface area contributed by atoms with E-state index in [9.17, 15) is 4.79 Å². The van der Waals surface area contributed by atoms with Gasteiger partial charge in [0, 0.05) is 16.5 Å². The number of hydrogen-bond acceptors (Lipinski definition) is 2. The molecule has 1 aromatic carbocycles. The van der Waals surface area contributed by atoms with Crippen molar-refractivity contribution < 1.29 is 4.79 Å². The molecule has 2 rings (SSSR count). The maximum atomic E-state index is 11.9. The molecule has 0 spiro atoms. The molecule has 0 aromatic heterocycles. The van der Waals surface area contributed by atoms with E-state index in [1.807, 2.05) is 25.1 Å². The highest BCUT2D eigenvalue weighted by Crippen LogP contribution is 2.29. The largest absolute Gasteiger partial charge is 0.349 e. The van der Waals surface area contributed by atoms with Crippen molar-refractivity contribution in [3.05, 3.63) is 29.3 Å². The predicted octanol–water partition coefficient (Wildman–Crippen LogP) is 2.42. The van der Waals surface area contributed by atoms with Gasteiger partial charge in [0.1, 0.15) is 0 Å². The average molecular weight is 221 g/mol. The maximum Gasteiger partial charge on any atom is 0.251 e. The van der Waals surface area contributed by atoms with Gasteiger partial charge in [-0.3, -0.25) is 4.79 Å². The van der Waals surface area contributed by atoms with Crippen LogP contribution in [0, 0.1) is 12.8 Å². The van der Waals surface area contributed by atoms with Crippen molar-refractivity contribution in [3.8, 4) is 0 Å². The minimum atomic E-state index is 0.0257. The van der Waals surface area contributed by atoms with Crippen molar-refractivity contribution in [2.24, 2.45) is 5.92 Å². The number of carbonyl (C=O) groups excluding carboxylic acids is 1. The molecule has 1 aliphatic rings. The molecular weight excluding hydrogens is 206 g/mol. The molecule has 1 fully saturated rings. The zero-order valence-corrected chi connectivity index (χ0v) is 9.84. The van der Waals surface area contributed by atoms with Crippen LogP contribution in [0.4, 0.5) is 0 Å². The summed E-state index contributed by atoms with van der Waals surface area (Å²) in [5.74, 6) is 0.659.